The molecule has 3 aromatic rings. The molecule has 1 aromatic heterocycles. The Balaban J connectivity index is 1.57. The molecule has 4 rings (SSSR count). The van der Waals surface area contributed by atoms with Gasteiger partial charge in [-0.2, -0.15) is 5.10 Å². The van der Waals surface area contributed by atoms with Crippen molar-refractivity contribution in [3.05, 3.63) is 64.6 Å². The van der Waals surface area contributed by atoms with Gasteiger partial charge in [0.25, 0.3) is 0 Å². The first-order valence-electron chi connectivity index (χ1n) is 14.0. The largest absolute Gasteiger partial charge is 0.388 e. The Morgan fingerprint density at radius 2 is 2.15 bits per heavy atom. The van der Waals surface area contributed by atoms with Crippen molar-refractivity contribution in [2.24, 2.45) is 4.99 Å². The Labute approximate surface area is 231 Å². The van der Waals surface area contributed by atoms with Gasteiger partial charge in [-0.15, -0.1) is 0 Å². The Morgan fingerprint density at radius 1 is 1.33 bits per heavy atom. The molecule has 0 saturated carbocycles. The van der Waals surface area contributed by atoms with E-state index in [0.29, 0.717) is 13.1 Å². The number of hydrogen-bond donors (Lipinski definition) is 2. The summed E-state index contributed by atoms with van der Waals surface area (Å²) in [6.07, 6.45) is 7.54. The van der Waals surface area contributed by atoms with Crippen LogP contribution in [-0.2, 0) is 24.3 Å². The van der Waals surface area contributed by atoms with E-state index in [-0.39, 0.29) is 17.9 Å². The molecule has 1 atom stereocenters. The van der Waals surface area contributed by atoms with Crippen LogP contribution in [0.5, 0.6) is 0 Å². The number of aryl methyl sites for hydroxylation is 1. The summed E-state index contributed by atoms with van der Waals surface area (Å²) < 4.78 is 14.7. The van der Waals surface area contributed by atoms with Crippen LogP contribution in [-0.4, -0.2) is 64.8 Å². The third-order valence-electron chi connectivity index (χ3n) is 7.57. The van der Waals surface area contributed by atoms with Crippen molar-refractivity contribution >= 4 is 34.8 Å². The lowest BCUT2D eigenvalue weighted by atomic mass is 9.99. The van der Waals surface area contributed by atoms with Gasteiger partial charge in [-0.3, -0.25) is 19.8 Å². The fourth-order valence-corrected chi connectivity index (χ4v) is 5.42. The highest BCUT2D eigenvalue weighted by Gasteiger charge is 2.26. The van der Waals surface area contributed by atoms with Crippen LogP contribution >= 0.6 is 0 Å². The van der Waals surface area contributed by atoms with Crippen molar-refractivity contribution < 1.29 is 9.18 Å². The van der Waals surface area contributed by atoms with E-state index in [1.54, 1.807) is 12.1 Å². The predicted molar refractivity (Wildman–Crippen MR) is 159 cm³/mol. The van der Waals surface area contributed by atoms with E-state index in [1.165, 1.54) is 0 Å². The van der Waals surface area contributed by atoms with Gasteiger partial charge in [0.2, 0.25) is 6.41 Å². The number of amides is 1. The minimum absolute atomic E-state index is 0.0570. The van der Waals surface area contributed by atoms with Crippen LogP contribution < -0.4 is 5.32 Å². The lowest BCUT2D eigenvalue weighted by Gasteiger charge is -2.38. The van der Waals surface area contributed by atoms with E-state index < -0.39 is 0 Å². The maximum absolute atomic E-state index is 14.7. The molecule has 0 spiro atoms. The molecule has 1 amide bonds. The van der Waals surface area contributed by atoms with Crippen molar-refractivity contribution in [2.45, 2.75) is 72.1 Å². The molecular formula is C31H41FN6O. The molecule has 0 unspecified atom stereocenters. The number of piperidine rings is 1. The zero-order valence-corrected chi connectivity index (χ0v) is 23.8. The van der Waals surface area contributed by atoms with E-state index in [2.05, 4.69) is 44.5 Å². The summed E-state index contributed by atoms with van der Waals surface area (Å²) in [7, 11) is 1.89. The smallest absolute Gasteiger partial charge is 0.210 e. The first kappa shape index (κ1) is 28.5. The summed E-state index contributed by atoms with van der Waals surface area (Å²) in [4.78, 5) is 21.1. The molecule has 1 fully saturated rings. The molecule has 0 bridgehead atoms. The van der Waals surface area contributed by atoms with Gasteiger partial charge in [-0.1, -0.05) is 25.1 Å². The normalized spacial score (nSPS) is 16.9. The van der Waals surface area contributed by atoms with Gasteiger partial charge in [-0.25, -0.2) is 4.39 Å². The summed E-state index contributed by atoms with van der Waals surface area (Å²) in [5.74, 6) is -0.148. The Kier molecular flexibility index (Phi) is 9.51. The number of H-pyrrole nitrogens is 1. The second-order valence-electron chi connectivity index (χ2n) is 10.5. The number of aromatic amines is 1. The van der Waals surface area contributed by atoms with Crippen molar-refractivity contribution in [1.82, 2.24) is 20.0 Å². The van der Waals surface area contributed by atoms with E-state index in [0.717, 1.165) is 83.3 Å². The van der Waals surface area contributed by atoms with Gasteiger partial charge in [0, 0.05) is 67.2 Å². The lowest BCUT2D eigenvalue weighted by Crippen LogP contribution is -2.47. The number of nitrogens with one attached hydrogen (secondary N) is 2. The number of aromatic nitrogens is 2. The molecule has 2 aromatic carbocycles. The Bertz CT molecular complexity index is 1340. The number of allylic oxidation sites excluding steroid dienone is 2. The number of rotatable bonds is 11. The van der Waals surface area contributed by atoms with Crippen LogP contribution in [0.3, 0.4) is 0 Å². The zero-order valence-electron chi connectivity index (χ0n) is 23.8. The number of aliphatic imine (C=N–C) groups is 1. The third kappa shape index (κ3) is 6.56. The number of likely N-dealkylation sites (tertiary alicyclic amines) is 1. The SMILES string of the molecule is C/C=C(\C=N/C(C)C)c1n[nH]c2cc(NC)c(CN(C=O)[C@@H]3CCCN(Cc4c(F)cccc4CC)C3)cc12. The number of anilines is 1. The number of hydrogen-bond acceptors (Lipinski definition) is 5. The molecule has 7 nitrogen and oxygen atoms in total. The third-order valence-corrected chi connectivity index (χ3v) is 7.57. The molecule has 1 saturated heterocycles. The number of carbonyl (C=O) groups excluding carboxylic acids is 1. The highest BCUT2D eigenvalue weighted by Crippen LogP contribution is 2.30. The van der Waals surface area contributed by atoms with E-state index >= 15 is 0 Å². The van der Waals surface area contributed by atoms with Crippen LogP contribution in [0.2, 0.25) is 0 Å². The van der Waals surface area contributed by atoms with Crippen LogP contribution in [0.15, 0.2) is 41.4 Å². The van der Waals surface area contributed by atoms with Crippen molar-refractivity contribution in [3.8, 4) is 0 Å². The van der Waals surface area contributed by atoms with Gasteiger partial charge in [-0.05, 0) is 75.9 Å². The quantitative estimate of drug-likeness (QED) is 0.241. The molecule has 8 heteroatoms. The van der Waals surface area contributed by atoms with E-state index in [1.807, 2.05) is 51.1 Å². The second-order valence-corrected chi connectivity index (χ2v) is 10.5. The average Bonchev–Trinajstić information content (AvgIpc) is 3.35. The maximum Gasteiger partial charge on any atom is 0.210 e. The molecule has 1 aliphatic heterocycles. The molecule has 39 heavy (non-hydrogen) atoms. The van der Waals surface area contributed by atoms with Crippen LogP contribution in [0.25, 0.3) is 16.5 Å². The minimum atomic E-state index is -0.148. The molecule has 208 valence electrons. The predicted octanol–water partition coefficient (Wildman–Crippen LogP) is 5.81. The van der Waals surface area contributed by atoms with Gasteiger partial charge in [0.05, 0.1) is 5.52 Å². The number of benzene rings is 2. The number of halogens is 1. The molecular weight excluding hydrogens is 491 g/mol. The molecule has 1 aliphatic rings. The first-order chi connectivity index (χ1) is 18.9. The summed E-state index contributed by atoms with van der Waals surface area (Å²) in [6.45, 7) is 10.8. The summed E-state index contributed by atoms with van der Waals surface area (Å²) in [5, 5.41) is 12.0. The van der Waals surface area contributed by atoms with Gasteiger partial charge < -0.3 is 10.2 Å². The monoisotopic (exact) mass is 532 g/mol. The highest BCUT2D eigenvalue weighted by atomic mass is 19.1. The van der Waals surface area contributed by atoms with Crippen molar-refractivity contribution in [1.29, 1.82) is 0 Å². The fraction of sp³-hybridized carbons (Fsp3) is 0.452. The molecule has 2 N–H and O–H groups in total. The minimum Gasteiger partial charge on any atom is -0.388 e. The Hall–Kier alpha value is -3.52. The first-order valence-corrected chi connectivity index (χ1v) is 14.0. The number of fused-ring (bicyclic) bond motifs is 1. The van der Waals surface area contributed by atoms with Crippen LogP contribution in [0, 0.1) is 5.82 Å². The number of carbonyl (C=O) groups is 1. The van der Waals surface area contributed by atoms with Crippen molar-refractivity contribution in [2.75, 3.05) is 25.5 Å². The Morgan fingerprint density at radius 3 is 2.85 bits per heavy atom. The van der Waals surface area contributed by atoms with Gasteiger partial charge in [0.1, 0.15) is 11.5 Å². The average molecular weight is 533 g/mol. The summed E-state index contributed by atoms with van der Waals surface area (Å²) in [6, 6.07) is 9.75. The molecule has 0 radical (unpaired) electrons. The van der Waals surface area contributed by atoms with E-state index in [4.69, 9.17) is 0 Å². The second kappa shape index (κ2) is 13.0. The molecule has 0 aliphatic carbocycles. The van der Waals surface area contributed by atoms with Gasteiger partial charge in [0.15, 0.2) is 0 Å². The zero-order chi connectivity index (χ0) is 27.9. The van der Waals surface area contributed by atoms with Crippen molar-refractivity contribution in [3.63, 3.8) is 0 Å². The topological polar surface area (TPSA) is 76.6 Å². The summed E-state index contributed by atoms with van der Waals surface area (Å²) >= 11 is 0. The van der Waals surface area contributed by atoms with E-state index in [9.17, 15) is 9.18 Å². The maximum atomic E-state index is 14.7. The van der Waals surface area contributed by atoms with Crippen LogP contribution in [0.4, 0.5) is 10.1 Å². The number of nitrogens with zero attached hydrogens (tertiary/aromatic N) is 4. The summed E-state index contributed by atoms with van der Waals surface area (Å²) in [5.41, 5.74) is 6.52. The van der Waals surface area contributed by atoms with Crippen LogP contribution in [0.1, 0.15) is 62.9 Å². The van der Waals surface area contributed by atoms with Gasteiger partial charge >= 0.3 is 0 Å². The highest BCUT2D eigenvalue weighted by molar-refractivity contribution is 6.13. The fourth-order valence-electron chi connectivity index (χ4n) is 5.42. The standard InChI is InChI=1S/C31H41FN6O/c1-6-22-10-8-12-28(32)27(22)19-37-13-9-11-25(18-37)38(20-39)17-24-14-26-30(15-29(24)33-5)35-36-31(26)23(7-2)16-34-21(3)4/h7-8,10,12,14-16,20-21,25,33H,6,9,11,13,17-19H2,1-5H3,(H,35,36)/b23-7+,34-16-/t25-/m1/s1. The molecule has 2 heterocycles. The lowest BCUT2D eigenvalue weighted by molar-refractivity contribution is -0.122.